The largest absolute Gasteiger partial charge is 0.366 e. The Morgan fingerprint density at radius 2 is 1.84 bits per heavy atom. The lowest BCUT2D eigenvalue weighted by atomic mass is 10.0. The Bertz CT molecular complexity index is 1360. The Balaban J connectivity index is 1.95. The second-order valence-electron chi connectivity index (χ2n) is 8.74. The third-order valence-electron chi connectivity index (χ3n) is 6.48. The number of pyridine rings is 1. The topological polar surface area (TPSA) is 59.4 Å². The summed E-state index contributed by atoms with van der Waals surface area (Å²) in [5, 5.41) is 0.0867. The van der Waals surface area contributed by atoms with Crippen LogP contribution in [0.1, 0.15) is 44.2 Å². The summed E-state index contributed by atoms with van der Waals surface area (Å²) >= 11 is 0. The molecule has 7 heteroatoms. The number of aromatic nitrogens is 1. The van der Waals surface area contributed by atoms with Crippen LogP contribution in [-0.4, -0.2) is 25.6 Å². The van der Waals surface area contributed by atoms with Crippen molar-refractivity contribution in [3.8, 4) is 0 Å². The van der Waals surface area contributed by atoms with Crippen molar-refractivity contribution >= 4 is 26.4 Å². The molecule has 0 amide bonds. The number of piperidine rings is 1. The predicted molar refractivity (Wildman–Crippen MR) is 126 cm³/mol. The van der Waals surface area contributed by atoms with Crippen LogP contribution in [0.5, 0.6) is 0 Å². The molecule has 0 unspecified atom stereocenters. The van der Waals surface area contributed by atoms with Crippen LogP contribution in [0.3, 0.4) is 0 Å². The molecule has 1 aliphatic rings. The first kappa shape index (κ1) is 22.5. The Morgan fingerprint density at radius 3 is 2.50 bits per heavy atom. The van der Waals surface area contributed by atoms with E-state index in [0.29, 0.717) is 23.3 Å². The highest BCUT2D eigenvalue weighted by Crippen LogP contribution is 2.31. The van der Waals surface area contributed by atoms with Crippen LogP contribution in [0.2, 0.25) is 0 Å². The fourth-order valence-electron chi connectivity index (χ4n) is 4.72. The minimum atomic E-state index is -4.06. The molecule has 1 saturated heterocycles. The highest BCUT2D eigenvalue weighted by atomic mass is 32.2. The van der Waals surface area contributed by atoms with Crippen molar-refractivity contribution in [1.29, 1.82) is 0 Å². The third kappa shape index (κ3) is 3.72. The van der Waals surface area contributed by atoms with Gasteiger partial charge in [0, 0.05) is 25.3 Å². The Kier molecular flexibility index (Phi) is 5.88. The molecule has 1 aliphatic heterocycles. The number of aryl methyl sites for hydroxylation is 3. The van der Waals surface area contributed by atoms with Crippen molar-refractivity contribution in [2.75, 3.05) is 11.4 Å². The van der Waals surface area contributed by atoms with Gasteiger partial charge in [0.2, 0.25) is 15.3 Å². The smallest absolute Gasteiger partial charge is 0.212 e. The predicted octanol–water partition coefficient (Wildman–Crippen LogP) is 4.99. The summed E-state index contributed by atoms with van der Waals surface area (Å²) in [5.41, 5.74) is 1.87. The standard InChI is InChI=1S/C25H29FN2O3S/c1-5-27-15-24(32(30,31)23-10-9-16(2)12-17(23)3)25(29)19-13-20(26)22(14-21(19)27)28-11-7-6-8-18(28)4/h9-10,12-15,18H,5-8,11H2,1-4H3/t18-/m0/s1. The monoisotopic (exact) mass is 456 g/mol. The second-order valence-corrected chi connectivity index (χ2v) is 10.6. The summed E-state index contributed by atoms with van der Waals surface area (Å²) in [7, 11) is -4.06. The van der Waals surface area contributed by atoms with E-state index in [1.54, 1.807) is 29.7 Å². The average Bonchev–Trinajstić information content (AvgIpc) is 2.74. The lowest BCUT2D eigenvalue weighted by Gasteiger charge is -2.35. The number of fused-ring (bicyclic) bond motifs is 1. The Labute approximate surface area is 188 Å². The molecule has 4 rings (SSSR count). The third-order valence-corrected chi connectivity index (χ3v) is 8.39. The van der Waals surface area contributed by atoms with Gasteiger partial charge in [0.1, 0.15) is 10.7 Å². The molecule has 1 aromatic heterocycles. The zero-order valence-corrected chi connectivity index (χ0v) is 19.8. The van der Waals surface area contributed by atoms with Gasteiger partial charge < -0.3 is 9.47 Å². The van der Waals surface area contributed by atoms with Crippen LogP contribution < -0.4 is 10.3 Å². The Hall–Kier alpha value is -2.67. The van der Waals surface area contributed by atoms with Crippen molar-refractivity contribution < 1.29 is 12.8 Å². The lowest BCUT2D eigenvalue weighted by molar-refractivity contribution is 0.476. The van der Waals surface area contributed by atoms with Crippen LogP contribution >= 0.6 is 0 Å². The second kappa shape index (κ2) is 8.35. The van der Waals surface area contributed by atoms with Gasteiger partial charge in [-0.05, 0) is 70.7 Å². The van der Waals surface area contributed by atoms with Crippen LogP contribution in [0.15, 0.2) is 51.1 Å². The van der Waals surface area contributed by atoms with Crippen LogP contribution in [0.25, 0.3) is 10.9 Å². The first-order valence-electron chi connectivity index (χ1n) is 11.1. The van der Waals surface area contributed by atoms with Gasteiger partial charge in [0.15, 0.2) is 0 Å². The number of sulfone groups is 1. The number of halogens is 1. The van der Waals surface area contributed by atoms with Crippen molar-refractivity contribution in [3.05, 3.63) is 63.7 Å². The van der Waals surface area contributed by atoms with E-state index in [1.807, 2.05) is 18.7 Å². The molecule has 2 aromatic carbocycles. The van der Waals surface area contributed by atoms with E-state index in [1.165, 1.54) is 18.3 Å². The van der Waals surface area contributed by atoms with Gasteiger partial charge in [-0.1, -0.05) is 17.7 Å². The quantitative estimate of drug-likeness (QED) is 0.555. The van der Waals surface area contributed by atoms with Crippen LogP contribution in [0, 0.1) is 19.7 Å². The number of hydrogen-bond acceptors (Lipinski definition) is 4. The van der Waals surface area contributed by atoms with Crippen molar-refractivity contribution in [1.82, 2.24) is 4.57 Å². The van der Waals surface area contributed by atoms with Gasteiger partial charge in [-0.25, -0.2) is 12.8 Å². The molecule has 5 nitrogen and oxygen atoms in total. The maximum atomic E-state index is 15.2. The zero-order valence-electron chi connectivity index (χ0n) is 19.0. The molecule has 0 bridgehead atoms. The molecule has 0 aliphatic carbocycles. The van der Waals surface area contributed by atoms with Gasteiger partial charge >= 0.3 is 0 Å². The molecule has 1 atom stereocenters. The van der Waals surface area contributed by atoms with Crippen molar-refractivity contribution in [2.45, 2.75) is 69.3 Å². The summed E-state index contributed by atoms with van der Waals surface area (Å²) in [6, 6.07) is 8.14. The number of hydrogen-bond donors (Lipinski definition) is 0. The average molecular weight is 457 g/mol. The molecule has 0 saturated carbocycles. The van der Waals surface area contributed by atoms with E-state index in [0.717, 1.165) is 31.4 Å². The molecule has 2 heterocycles. The normalized spacial score (nSPS) is 17.2. The van der Waals surface area contributed by atoms with Crippen LogP contribution in [0.4, 0.5) is 10.1 Å². The van der Waals surface area contributed by atoms with E-state index in [9.17, 15) is 13.2 Å². The number of anilines is 1. The highest BCUT2D eigenvalue weighted by Gasteiger charge is 2.27. The Morgan fingerprint density at radius 1 is 1.09 bits per heavy atom. The van der Waals surface area contributed by atoms with E-state index < -0.39 is 21.1 Å². The van der Waals surface area contributed by atoms with Gasteiger partial charge in [-0.15, -0.1) is 0 Å². The van der Waals surface area contributed by atoms with Crippen molar-refractivity contribution in [2.24, 2.45) is 0 Å². The highest BCUT2D eigenvalue weighted by molar-refractivity contribution is 7.91. The van der Waals surface area contributed by atoms with Gasteiger partial charge in [-0.3, -0.25) is 4.79 Å². The summed E-state index contributed by atoms with van der Waals surface area (Å²) in [6.07, 6.45) is 4.51. The maximum Gasteiger partial charge on any atom is 0.212 e. The van der Waals surface area contributed by atoms with E-state index in [-0.39, 0.29) is 21.2 Å². The van der Waals surface area contributed by atoms with E-state index in [4.69, 9.17) is 0 Å². The molecule has 3 aromatic rings. The minimum absolute atomic E-state index is 0.0867. The lowest BCUT2D eigenvalue weighted by Crippen LogP contribution is -2.38. The maximum absolute atomic E-state index is 15.2. The SMILES string of the molecule is CCn1cc(S(=O)(=O)c2ccc(C)cc2C)c(=O)c2cc(F)c(N3CCCC[C@@H]3C)cc21. The number of rotatable bonds is 4. The number of benzene rings is 2. The fraction of sp³-hybridized carbons (Fsp3) is 0.400. The fourth-order valence-corrected chi connectivity index (χ4v) is 6.31. The molecular weight excluding hydrogens is 427 g/mol. The molecular formula is C25H29FN2O3S. The summed E-state index contributed by atoms with van der Waals surface area (Å²) in [6.45, 7) is 8.77. The van der Waals surface area contributed by atoms with E-state index >= 15 is 4.39 Å². The van der Waals surface area contributed by atoms with Gasteiger partial charge in [-0.2, -0.15) is 0 Å². The molecule has 0 radical (unpaired) electrons. The minimum Gasteiger partial charge on any atom is -0.366 e. The van der Waals surface area contributed by atoms with Gasteiger partial charge in [0.05, 0.1) is 21.5 Å². The molecule has 170 valence electrons. The zero-order chi connectivity index (χ0) is 23.2. The summed E-state index contributed by atoms with van der Waals surface area (Å²) < 4.78 is 43.8. The van der Waals surface area contributed by atoms with Gasteiger partial charge in [0.25, 0.3) is 0 Å². The molecule has 1 fully saturated rings. The first-order valence-corrected chi connectivity index (χ1v) is 12.6. The molecule has 0 N–H and O–H groups in total. The molecule has 32 heavy (non-hydrogen) atoms. The van der Waals surface area contributed by atoms with Crippen molar-refractivity contribution in [3.63, 3.8) is 0 Å². The van der Waals surface area contributed by atoms with E-state index in [2.05, 4.69) is 6.92 Å². The van der Waals surface area contributed by atoms with Crippen LogP contribution in [-0.2, 0) is 16.4 Å². The summed E-state index contributed by atoms with van der Waals surface area (Å²) in [5.74, 6) is -0.493. The summed E-state index contributed by atoms with van der Waals surface area (Å²) in [4.78, 5) is 15.1. The molecule has 0 spiro atoms. The first-order chi connectivity index (χ1) is 15.1. The number of nitrogens with zero attached hydrogens (tertiary/aromatic N) is 2.